The quantitative estimate of drug-likeness (QED) is 0.870. The average molecular weight is 313 g/mol. The molecular formula is C12H13ClN4O2S. The van der Waals surface area contributed by atoms with Crippen molar-refractivity contribution in [3.63, 3.8) is 0 Å². The zero-order chi connectivity index (χ0) is 14.6. The van der Waals surface area contributed by atoms with E-state index in [1.807, 2.05) is 0 Å². The lowest BCUT2D eigenvalue weighted by molar-refractivity contribution is 0.598. The molecule has 0 aliphatic rings. The lowest BCUT2D eigenvalue weighted by Crippen LogP contribution is -2.12. The Bertz CT molecular complexity index is 689. The highest BCUT2D eigenvalue weighted by Gasteiger charge is 2.06. The van der Waals surface area contributed by atoms with Gasteiger partial charge in [-0.25, -0.2) is 18.5 Å². The van der Waals surface area contributed by atoms with E-state index in [4.69, 9.17) is 16.7 Å². The van der Waals surface area contributed by atoms with Crippen LogP contribution >= 0.6 is 11.6 Å². The molecule has 0 atom stereocenters. The summed E-state index contributed by atoms with van der Waals surface area (Å²) in [7, 11) is -3.64. The van der Waals surface area contributed by atoms with E-state index in [0.717, 1.165) is 5.56 Å². The summed E-state index contributed by atoms with van der Waals surface area (Å²) in [6.07, 6.45) is 3.74. The predicted octanol–water partition coefficient (Wildman–Crippen LogP) is 1.43. The van der Waals surface area contributed by atoms with Crippen molar-refractivity contribution in [3.8, 4) is 0 Å². The van der Waals surface area contributed by atoms with Gasteiger partial charge >= 0.3 is 0 Å². The molecule has 0 radical (unpaired) electrons. The molecule has 0 fully saturated rings. The number of nitrogens with two attached hydrogens (primary N) is 1. The van der Waals surface area contributed by atoms with Gasteiger partial charge in [-0.3, -0.25) is 4.98 Å². The predicted molar refractivity (Wildman–Crippen MR) is 77.1 cm³/mol. The van der Waals surface area contributed by atoms with Crippen molar-refractivity contribution in [3.05, 3.63) is 47.4 Å². The molecule has 0 saturated heterocycles. The van der Waals surface area contributed by atoms with Crippen molar-refractivity contribution in [2.45, 2.75) is 11.3 Å². The Morgan fingerprint density at radius 1 is 1.20 bits per heavy atom. The third kappa shape index (κ3) is 4.16. The van der Waals surface area contributed by atoms with Crippen molar-refractivity contribution < 1.29 is 8.42 Å². The van der Waals surface area contributed by atoms with E-state index in [1.54, 1.807) is 18.3 Å². The van der Waals surface area contributed by atoms with Crippen LogP contribution in [0.25, 0.3) is 0 Å². The lowest BCUT2D eigenvalue weighted by atomic mass is 10.1. The van der Waals surface area contributed by atoms with E-state index in [1.165, 1.54) is 18.3 Å². The first kappa shape index (κ1) is 14.7. The van der Waals surface area contributed by atoms with Gasteiger partial charge in [0.05, 0.1) is 17.3 Å². The molecule has 1 aromatic carbocycles. The zero-order valence-corrected chi connectivity index (χ0v) is 12.0. The average Bonchev–Trinajstić information content (AvgIpc) is 2.38. The van der Waals surface area contributed by atoms with Gasteiger partial charge < -0.3 is 5.32 Å². The Kier molecular flexibility index (Phi) is 4.53. The van der Waals surface area contributed by atoms with Crippen molar-refractivity contribution in [1.29, 1.82) is 0 Å². The van der Waals surface area contributed by atoms with E-state index >= 15 is 0 Å². The number of halogens is 1. The van der Waals surface area contributed by atoms with E-state index in [9.17, 15) is 8.42 Å². The highest BCUT2D eigenvalue weighted by atomic mass is 35.5. The molecule has 8 heteroatoms. The lowest BCUT2D eigenvalue weighted by Gasteiger charge is -2.06. The summed E-state index contributed by atoms with van der Waals surface area (Å²) in [5.74, 6) is 0.596. The minimum absolute atomic E-state index is 0.106. The molecule has 2 rings (SSSR count). The maximum Gasteiger partial charge on any atom is 0.238 e. The van der Waals surface area contributed by atoms with Crippen LogP contribution in [0.5, 0.6) is 0 Å². The van der Waals surface area contributed by atoms with Crippen LogP contribution in [0.3, 0.4) is 0 Å². The second-order valence-electron chi connectivity index (χ2n) is 4.09. The third-order valence-electron chi connectivity index (χ3n) is 2.58. The Balaban J connectivity index is 1.92. The number of benzene rings is 1. The van der Waals surface area contributed by atoms with Crippen LogP contribution in [0.1, 0.15) is 5.56 Å². The molecule has 106 valence electrons. The molecule has 2 aromatic rings. The second-order valence-corrected chi connectivity index (χ2v) is 6.04. The Labute approximate surface area is 122 Å². The Morgan fingerprint density at radius 2 is 1.90 bits per heavy atom. The smallest absolute Gasteiger partial charge is 0.238 e. The van der Waals surface area contributed by atoms with Gasteiger partial charge in [-0.2, -0.15) is 0 Å². The number of rotatable bonds is 5. The summed E-state index contributed by atoms with van der Waals surface area (Å²) in [5.41, 5.74) is 0.986. The minimum Gasteiger partial charge on any atom is -0.368 e. The number of nitrogens with one attached hydrogen (secondary N) is 1. The third-order valence-corrected chi connectivity index (χ3v) is 3.69. The van der Waals surface area contributed by atoms with Crippen LogP contribution in [-0.4, -0.2) is 24.9 Å². The van der Waals surface area contributed by atoms with Crippen LogP contribution in [-0.2, 0) is 16.4 Å². The molecule has 0 aliphatic carbocycles. The highest BCUT2D eigenvalue weighted by molar-refractivity contribution is 7.89. The number of aromatic nitrogens is 2. The van der Waals surface area contributed by atoms with E-state index in [0.29, 0.717) is 23.9 Å². The molecule has 6 nitrogen and oxygen atoms in total. The van der Waals surface area contributed by atoms with Crippen LogP contribution in [0, 0.1) is 0 Å². The van der Waals surface area contributed by atoms with Gasteiger partial charge in [-0.05, 0) is 24.1 Å². The first-order valence-electron chi connectivity index (χ1n) is 5.78. The molecule has 1 heterocycles. The maximum atomic E-state index is 11.1. The molecule has 0 spiro atoms. The topological polar surface area (TPSA) is 98.0 Å². The summed E-state index contributed by atoms with van der Waals surface area (Å²) in [4.78, 5) is 8.06. The number of primary sulfonamides is 1. The van der Waals surface area contributed by atoms with Crippen molar-refractivity contribution in [2.75, 3.05) is 11.9 Å². The number of sulfonamides is 1. The van der Waals surface area contributed by atoms with Gasteiger partial charge in [0.25, 0.3) is 0 Å². The molecule has 0 aliphatic heterocycles. The van der Waals surface area contributed by atoms with Gasteiger partial charge in [0, 0.05) is 6.54 Å². The number of nitrogens with zero attached hydrogens (tertiary/aromatic N) is 2. The van der Waals surface area contributed by atoms with Crippen molar-refractivity contribution in [1.82, 2.24) is 9.97 Å². The molecule has 1 aromatic heterocycles. The van der Waals surface area contributed by atoms with Crippen LogP contribution in [0.15, 0.2) is 41.6 Å². The molecule has 20 heavy (non-hydrogen) atoms. The number of anilines is 1. The molecule has 0 amide bonds. The van der Waals surface area contributed by atoms with Crippen LogP contribution in [0.4, 0.5) is 5.82 Å². The molecule has 0 bridgehead atoms. The first-order valence-corrected chi connectivity index (χ1v) is 7.71. The van der Waals surface area contributed by atoms with Gasteiger partial charge in [-0.15, -0.1) is 0 Å². The highest BCUT2D eigenvalue weighted by Crippen LogP contribution is 2.10. The summed E-state index contributed by atoms with van der Waals surface area (Å²) in [5, 5.41) is 8.43. The standard InChI is InChI=1S/C12H13ClN4O2S/c13-11-7-15-8-12(17-11)16-6-5-9-1-3-10(4-2-9)20(14,18)19/h1-4,7-8H,5-6H2,(H,16,17)(H2,14,18,19). The summed E-state index contributed by atoms with van der Waals surface area (Å²) in [6.45, 7) is 0.629. The van der Waals surface area contributed by atoms with Gasteiger partial charge in [0.15, 0.2) is 0 Å². The maximum absolute atomic E-state index is 11.1. The fourth-order valence-electron chi connectivity index (χ4n) is 1.61. The summed E-state index contributed by atoms with van der Waals surface area (Å²) < 4.78 is 22.2. The van der Waals surface area contributed by atoms with Gasteiger partial charge in [-0.1, -0.05) is 23.7 Å². The van der Waals surface area contributed by atoms with E-state index in [-0.39, 0.29) is 4.90 Å². The normalized spacial score (nSPS) is 11.3. The second kappa shape index (κ2) is 6.17. The molecule has 3 N–H and O–H groups in total. The Hall–Kier alpha value is -1.70. The fraction of sp³-hybridized carbons (Fsp3) is 0.167. The van der Waals surface area contributed by atoms with Crippen molar-refractivity contribution >= 4 is 27.4 Å². The van der Waals surface area contributed by atoms with E-state index < -0.39 is 10.0 Å². The summed E-state index contributed by atoms with van der Waals surface area (Å²) in [6, 6.07) is 6.43. The monoisotopic (exact) mass is 312 g/mol. The number of hydrogen-bond donors (Lipinski definition) is 2. The Morgan fingerprint density at radius 3 is 2.50 bits per heavy atom. The largest absolute Gasteiger partial charge is 0.368 e. The van der Waals surface area contributed by atoms with E-state index in [2.05, 4.69) is 15.3 Å². The zero-order valence-electron chi connectivity index (χ0n) is 10.5. The van der Waals surface area contributed by atoms with Crippen LogP contribution in [0.2, 0.25) is 5.15 Å². The molecule has 0 unspecified atom stereocenters. The SMILES string of the molecule is NS(=O)(=O)c1ccc(CCNc2cncc(Cl)n2)cc1. The minimum atomic E-state index is -3.64. The van der Waals surface area contributed by atoms with Gasteiger partial charge in [0.1, 0.15) is 11.0 Å². The molecule has 0 saturated carbocycles. The first-order chi connectivity index (χ1) is 9.45. The summed E-state index contributed by atoms with van der Waals surface area (Å²) >= 11 is 5.72. The fourth-order valence-corrected chi connectivity index (χ4v) is 2.27. The van der Waals surface area contributed by atoms with Crippen LogP contribution < -0.4 is 10.5 Å². The van der Waals surface area contributed by atoms with Gasteiger partial charge in [0.2, 0.25) is 10.0 Å². The molecular weight excluding hydrogens is 300 g/mol. The van der Waals surface area contributed by atoms with Crippen molar-refractivity contribution in [2.24, 2.45) is 5.14 Å². The number of hydrogen-bond acceptors (Lipinski definition) is 5.